The summed E-state index contributed by atoms with van der Waals surface area (Å²) < 4.78 is 17.9. The molecule has 0 spiro atoms. The van der Waals surface area contributed by atoms with E-state index in [2.05, 4.69) is 13.8 Å². The summed E-state index contributed by atoms with van der Waals surface area (Å²) in [5.41, 5.74) is 2.28. The third-order valence-corrected chi connectivity index (χ3v) is 6.01. The molecule has 0 radical (unpaired) electrons. The number of carbonyl (C=O) groups excluding carboxylic acids is 1. The molecule has 1 aliphatic rings. The van der Waals surface area contributed by atoms with E-state index in [4.69, 9.17) is 24.1 Å². The lowest BCUT2D eigenvalue weighted by molar-refractivity contribution is 0.102. The molecule has 0 bridgehead atoms. The number of aliphatic hydroxyl groups excluding tert-OH is 2. The highest BCUT2D eigenvalue weighted by Gasteiger charge is 2.41. The van der Waals surface area contributed by atoms with Crippen molar-refractivity contribution in [3.05, 3.63) is 58.8 Å². The summed E-state index contributed by atoms with van der Waals surface area (Å²) in [6, 6.07) is 11.2. The molecule has 6 nitrogen and oxygen atoms in total. The second-order valence-electron chi connectivity index (χ2n) is 8.68. The van der Waals surface area contributed by atoms with Crippen LogP contribution in [0, 0.1) is 0 Å². The van der Waals surface area contributed by atoms with Gasteiger partial charge in [-0.1, -0.05) is 0 Å². The van der Waals surface area contributed by atoms with Crippen molar-refractivity contribution < 1.29 is 28.9 Å². The van der Waals surface area contributed by atoms with Gasteiger partial charge < -0.3 is 24.1 Å². The van der Waals surface area contributed by atoms with Crippen LogP contribution in [-0.4, -0.2) is 42.4 Å². The Morgan fingerprint density at radius 2 is 1.50 bits per heavy atom. The average Bonchev–Trinajstić information content (AvgIpc) is 3.18. The Hall–Kier alpha value is -2.83. The second kappa shape index (κ2) is 9.35. The maximum atomic E-state index is 13.4. The molecule has 4 rings (SSSR count). The van der Waals surface area contributed by atoms with Crippen molar-refractivity contribution in [2.75, 3.05) is 26.4 Å². The third-order valence-electron chi connectivity index (χ3n) is 6.01. The van der Waals surface area contributed by atoms with Gasteiger partial charge in [0.05, 0.1) is 18.8 Å². The van der Waals surface area contributed by atoms with Gasteiger partial charge in [-0.05, 0) is 75.4 Å². The Kier molecular flexibility index (Phi) is 6.53. The molecule has 2 aromatic carbocycles. The molecule has 0 unspecified atom stereocenters. The number of carbonyl (C=O) groups is 1. The van der Waals surface area contributed by atoms with Gasteiger partial charge >= 0.3 is 0 Å². The average molecular weight is 439 g/mol. The molecule has 0 saturated heterocycles. The molecule has 0 fully saturated rings. The quantitative estimate of drug-likeness (QED) is 0.450. The van der Waals surface area contributed by atoms with Crippen LogP contribution in [0.1, 0.15) is 66.8 Å². The van der Waals surface area contributed by atoms with Gasteiger partial charge in [-0.25, -0.2) is 0 Å². The second-order valence-corrected chi connectivity index (χ2v) is 8.68. The molecule has 170 valence electrons. The van der Waals surface area contributed by atoms with E-state index < -0.39 is 5.41 Å². The smallest absolute Gasteiger partial charge is 0.197 e. The summed E-state index contributed by atoms with van der Waals surface area (Å²) in [4.78, 5) is 13.4. The molecule has 1 heterocycles. The van der Waals surface area contributed by atoms with E-state index in [0.717, 1.165) is 23.8 Å². The molecular formula is C26H30O6. The van der Waals surface area contributed by atoms with Crippen molar-refractivity contribution in [1.29, 1.82) is 0 Å². The van der Waals surface area contributed by atoms with Crippen LogP contribution in [0.15, 0.2) is 40.8 Å². The van der Waals surface area contributed by atoms with Crippen molar-refractivity contribution in [2.24, 2.45) is 0 Å². The minimum atomic E-state index is -0.510. The molecule has 0 amide bonds. The van der Waals surface area contributed by atoms with Crippen molar-refractivity contribution in [3.8, 4) is 11.5 Å². The van der Waals surface area contributed by atoms with Crippen LogP contribution in [0.4, 0.5) is 0 Å². The lowest BCUT2D eigenvalue weighted by Gasteiger charge is -2.30. The summed E-state index contributed by atoms with van der Waals surface area (Å²) in [6.07, 6.45) is 2.94. The molecule has 32 heavy (non-hydrogen) atoms. The van der Waals surface area contributed by atoms with Crippen LogP contribution >= 0.6 is 0 Å². The lowest BCUT2D eigenvalue weighted by atomic mass is 9.71. The molecule has 3 aromatic rings. The summed E-state index contributed by atoms with van der Waals surface area (Å²) in [5, 5.41) is 18.6. The fourth-order valence-electron chi connectivity index (χ4n) is 4.23. The van der Waals surface area contributed by atoms with Crippen molar-refractivity contribution in [2.45, 2.75) is 44.9 Å². The summed E-state index contributed by atoms with van der Waals surface area (Å²) in [5.74, 6) is 2.00. The van der Waals surface area contributed by atoms with Crippen molar-refractivity contribution in [1.82, 2.24) is 0 Å². The first-order valence-electron chi connectivity index (χ1n) is 11.2. The number of fused-ring (bicyclic) bond motifs is 4. The minimum Gasteiger partial charge on any atom is -0.494 e. The van der Waals surface area contributed by atoms with E-state index in [0.29, 0.717) is 60.0 Å². The molecule has 6 heteroatoms. The predicted octanol–water partition coefficient (Wildman–Crippen LogP) is 4.61. The van der Waals surface area contributed by atoms with Crippen LogP contribution < -0.4 is 9.47 Å². The molecule has 0 saturated carbocycles. The first-order valence-corrected chi connectivity index (χ1v) is 11.2. The van der Waals surface area contributed by atoms with E-state index >= 15 is 0 Å². The Morgan fingerprint density at radius 1 is 0.875 bits per heavy atom. The molecule has 1 aliphatic carbocycles. The fraction of sp³-hybridized carbons (Fsp3) is 0.423. The highest BCUT2D eigenvalue weighted by Crippen LogP contribution is 2.46. The zero-order chi connectivity index (χ0) is 22.7. The topological polar surface area (TPSA) is 89.1 Å². The molecule has 2 N–H and O–H groups in total. The fourth-order valence-corrected chi connectivity index (χ4v) is 4.23. The van der Waals surface area contributed by atoms with Gasteiger partial charge in [0.2, 0.25) is 0 Å². The van der Waals surface area contributed by atoms with Gasteiger partial charge in [0.25, 0.3) is 0 Å². The SMILES string of the molecule is CC1(C)c2cc(OCCCCO)ccc2C(=O)c2c1oc1cc(OCCCCO)ccc21. The zero-order valence-electron chi connectivity index (χ0n) is 18.6. The van der Waals surface area contributed by atoms with Gasteiger partial charge in [0.1, 0.15) is 22.8 Å². The van der Waals surface area contributed by atoms with Gasteiger partial charge in [0, 0.05) is 35.6 Å². The Morgan fingerprint density at radius 3 is 2.16 bits per heavy atom. The normalized spacial score (nSPS) is 14.3. The van der Waals surface area contributed by atoms with E-state index in [9.17, 15) is 4.79 Å². The largest absolute Gasteiger partial charge is 0.494 e. The third kappa shape index (κ3) is 4.12. The maximum Gasteiger partial charge on any atom is 0.197 e. The standard InChI is InChI=1S/C26H30O6/c1-26(2)21-15-17(30-13-5-3-11-27)7-9-19(21)24(29)23-20-10-8-18(31-14-6-4-12-28)16-22(20)32-25(23)26/h7-10,15-16,27-28H,3-6,11-14H2,1-2H3. The monoisotopic (exact) mass is 438 g/mol. The first kappa shape index (κ1) is 22.4. The van der Waals surface area contributed by atoms with E-state index in [1.54, 1.807) is 0 Å². The number of unbranched alkanes of at least 4 members (excludes halogenated alkanes) is 2. The van der Waals surface area contributed by atoms with Crippen LogP contribution in [0.5, 0.6) is 11.5 Å². The highest BCUT2D eigenvalue weighted by molar-refractivity contribution is 6.19. The van der Waals surface area contributed by atoms with Gasteiger partial charge in [-0.2, -0.15) is 0 Å². The number of furan rings is 1. The molecular weight excluding hydrogens is 408 g/mol. The van der Waals surface area contributed by atoms with E-state index in [1.807, 2.05) is 36.4 Å². The van der Waals surface area contributed by atoms with Crippen LogP contribution in [0.25, 0.3) is 11.0 Å². The number of hydrogen-bond acceptors (Lipinski definition) is 6. The Labute approximate surface area is 187 Å². The predicted molar refractivity (Wildman–Crippen MR) is 122 cm³/mol. The van der Waals surface area contributed by atoms with E-state index in [-0.39, 0.29) is 19.0 Å². The molecule has 1 aromatic heterocycles. The minimum absolute atomic E-state index is 0.0449. The summed E-state index contributed by atoms with van der Waals surface area (Å²) in [7, 11) is 0. The zero-order valence-corrected chi connectivity index (χ0v) is 18.6. The lowest BCUT2D eigenvalue weighted by Crippen LogP contribution is -2.29. The number of rotatable bonds is 10. The Balaban J connectivity index is 1.65. The molecule has 0 aliphatic heterocycles. The maximum absolute atomic E-state index is 13.4. The van der Waals surface area contributed by atoms with Gasteiger partial charge in [-0.3, -0.25) is 4.79 Å². The molecule has 0 atom stereocenters. The number of aliphatic hydroxyl groups is 2. The van der Waals surface area contributed by atoms with Crippen LogP contribution in [0.3, 0.4) is 0 Å². The number of ether oxygens (including phenoxy) is 2. The number of benzene rings is 2. The van der Waals surface area contributed by atoms with Crippen molar-refractivity contribution in [3.63, 3.8) is 0 Å². The highest BCUT2D eigenvalue weighted by atomic mass is 16.5. The van der Waals surface area contributed by atoms with Crippen molar-refractivity contribution >= 4 is 16.8 Å². The Bertz CT molecular complexity index is 1110. The first-order chi connectivity index (χ1) is 15.5. The van der Waals surface area contributed by atoms with Crippen LogP contribution in [-0.2, 0) is 5.41 Å². The number of ketones is 1. The summed E-state index contributed by atoms with van der Waals surface area (Å²) in [6.45, 7) is 5.45. The van der Waals surface area contributed by atoms with Gasteiger partial charge in [0.15, 0.2) is 5.78 Å². The van der Waals surface area contributed by atoms with E-state index in [1.165, 1.54) is 0 Å². The number of hydrogen-bond donors (Lipinski definition) is 2. The summed E-state index contributed by atoms with van der Waals surface area (Å²) >= 11 is 0. The van der Waals surface area contributed by atoms with Crippen LogP contribution in [0.2, 0.25) is 0 Å². The van der Waals surface area contributed by atoms with Gasteiger partial charge in [-0.15, -0.1) is 0 Å².